The first-order valence-corrected chi connectivity index (χ1v) is 3.79. The summed E-state index contributed by atoms with van der Waals surface area (Å²) in [4.78, 5) is 0. The quantitative estimate of drug-likeness (QED) is 0.667. The minimum Gasteiger partial charge on any atom is -0.375 e. The fourth-order valence-corrected chi connectivity index (χ4v) is 1.41. The van der Waals surface area contributed by atoms with Crippen LogP contribution in [0.3, 0.4) is 0 Å². The number of rotatable bonds is 0. The second-order valence-corrected chi connectivity index (χ2v) is 2.82. The van der Waals surface area contributed by atoms with Gasteiger partial charge in [-0.05, 0) is 11.1 Å². The van der Waals surface area contributed by atoms with Crippen molar-refractivity contribution in [2.24, 2.45) is 5.73 Å². The van der Waals surface area contributed by atoms with Crippen LogP contribution in [-0.4, -0.2) is 6.61 Å². The van der Waals surface area contributed by atoms with Crippen LogP contribution >= 0.6 is 12.4 Å². The monoisotopic (exact) mass is 185 g/mol. The average molecular weight is 186 g/mol. The summed E-state index contributed by atoms with van der Waals surface area (Å²) >= 11 is 0. The molecule has 0 bridgehead atoms. The molecule has 3 heteroatoms. The Hall–Kier alpha value is -0.570. The van der Waals surface area contributed by atoms with Crippen molar-refractivity contribution in [1.82, 2.24) is 0 Å². The molecule has 0 amide bonds. The molecular formula is C9H12ClNO. The van der Waals surface area contributed by atoms with Gasteiger partial charge in [0, 0.05) is 0 Å². The number of benzene rings is 1. The maximum absolute atomic E-state index is 5.82. The van der Waals surface area contributed by atoms with Gasteiger partial charge in [0.2, 0.25) is 0 Å². The van der Waals surface area contributed by atoms with Crippen molar-refractivity contribution < 1.29 is 4.74 Å². The Morgan fingerprint density at radius 2 is 2.08 bits per heavy atom. The smallest absolute Gasteiger partial charge is 0.0721 e. The van der Waals surface area contributed by atoms with Crippen LogP contribution in [0.4, 0.5) is 0 Å². The molecule has 0 fully saturated rings. The highest BCUT2D eigenvalue weighted by atomic mass is 35.5. The zero-order valence-electron chi connectivity index (χ0n) is 6.69. The Kier molecular flexibility index (Phi) is 3.09. The lowest BCUT2D eigenvalue weighted by atomic mass is 10.0. The Morgan fingerprint density at radius 1 is 1.33 bits per heavy atom. The summed E-state index contributed by atoms with van der Waals surface area (Å²) in [6.07, 6.45) is 0. The summed E-state index contributed by atoms with van der Waals surface area (Å²) in [5.41, 5.74) is 8.28. The predicted octanol–water partition coefficient (Wildman–Crippen LogP) is 1.64. The molecule has 0 saturated heterocycles. The van der Waals surface area contributed by atoms with Crippen molar-refractivity contribution in [3.8, 4) is 0 Å². The van der Waals surface area contributed by atoms with Crippen LogP contribution in [0.15, 0.2) is 24.3 Å². The standard InChI is InChI=1S/C9H11NO.ClH/c10-9-6-11-5-7-3-1-2-4-8(7)9;/h1-4,9H,5-6,10H2;1H/t9-;/m1./s1. The van der Waals surface area contributed by atoms with Gasteiger partial charge in [-0.2, -0.15) is 0 Å². The van der Waals surface area contributed by atoms with Crippen molar-refractivity contribution in [2.75, 3.05) is 6.61 Å². The molecule has 1 aliphatic heterocycles. The number of hydrogen-bond acceptors (Lipinski definition) is 2. The molecule has 1 aromatic carbocycles. The van der Waals surface area contributed by atoms with Gasteiger partial charge in [-0.15, -0.1) is 12.4 Å². The lowest BCUT2D eigenvalue weighted by molar-refractivity contribution is 0.0924. The average Bonchev–Trinajstić information content (AvgIpc) is 2.06. The van der Waals surface area contributed by atoms with E-state index in [1.165, 1.54) is 11.1 Å². The molecule has 1 heterocycles. The van der Waals surface area contributed by atoms with Gasteiger partial charge >= 0.3 is 0 Å². The van der Waals surface area contributed by atoms with E-state index >= 15 is 0 Å². The highest BCUT2D eigenvalue weighted by Crippen LogP contribution is 2.21. The SMILES string of the molecule is Cl.N[C@@H]1COCc2ccccc21. The summed E-state index contributed by atoms with van der Waals surface area (Å²) in [7, 11) is 0. The zero-order valence-corrected chi connectivity index (χ0v) is 7.51. The lowest BCUT2D eigenvalue weighted by Crippen LogP contribution is -2.23. The fourth-order valence-electron chi connectivity index (χ4n) is 1.41. The molecule has 66 valence electrons. The van der Waals surface area contributed by atoms with E-state index in [0.29, 0.717) is 13.2 Å². The van der Waals surface area contributed by atoms with Crippen molar-refractivity contribution in [1.29, 1.82) is 0 Å². The van der Waals surface area contributed by atoms with Crippen molar-refractivity contribution >= 4 is 12.4 Å². The topological polar surface area (TPSA) is 35.2 Å². The van der Waals surface area contributed by atoms with Gasteiger partial charge in [0.15, 0.2) is 0 Å². The van der Waals surface area contributed by atoms with E-state index in [2.05, 4.69) is 12.1 Å². The molecule has 12 heavy (non-hydrogen) atoms. The first-order chi connectivity index (χ1) is 5.38. The van der Waals surface area contributed by atoms with Crippen molar-refractivity contribution in [2.45, 2.75) is 12.6 Å². The molecule has 0 radical (unpaired) electrons. The zero-order chi connectivity index (χ0) is 7.68. The minimum atomic E-state index is 0. The third-order valence-corrected chi connectivity index (χ3v) is 2.01. The molecule has 0 saturated carbocycles. The minimum absolute atomic E-state index is 0. The highest BCUT2D eigenvalue weighted by Gasteiger charge is 2.15. The first kappa shape index (κ1) is 9.52. The molecule has 0 aromatic heterocycles. The Bertz CT molecular complexity index is 264. The number of hydrogen-bond donors (Lipinski definition) is 1. The summed E-state index contributed by atoms with van der Waals surface area (Å²) in [5, 5.41) is 0. The lowest BCUT2D eigenvalue weighted by Gasteiger charge is -2.21. The molecule has 0 aliphatic carbocycles. The fraction of sp³-hybridized carbons (Fsp3) is 0.333. The van der Waals surface area contributed by atoms with Crippen LogP contribution in [0.25, 0.3) is 0 Å². The normalized spacial score (nSPS) is 20.9. The van der Waals surface area contributed by atoms with E-state index in [4.69, 9.17) is 10.5 Å². The van der Waals surface area contributed by atoms with Gasteiger partial charge in [0.05, 0.1) is 19.3 Å². The Balaban J connectivity index is 0.000000720. The van der Waals surface area contributed by atoms with Crippen LogP contribution < -0.4 is 5.73 Å². The first-order valence-electron chi connectivity index (χ1n) is 3.79. The molecule has 0 unspecified atom stereocenters. The summed E-state index contributed by atoms with van der Waals surface area (Å²) in [5.74, 6) is 0. The maximum Gasteiger partial charge on any atom is 0.0721 e. The van der Waals surface area contributed by atoms with Crippen LogP contribution in [0, 0.1) is 0 Å². The van der Waals surface area contributed by atoms with Crippen LogP contribution in [0.1, 0.15) is 17.2 Å². The number of fused-ring (bicyclic) bond motifs is 1. The largest absolute Gasteiger partial charge is 0.375 e. The molecule has 2 N–H and O–H groups in total. The summed E-state index contributed by atoms with van der Waals surface area (Å²) in [6, 6.07) is 8.24. The van der Waals surface area contributed by atoms with E-state index in [-0.39, 0.29) is 18.4 Å². The summed E-state index contributed by atoms with van der Waals surface area (Å²) < 4.78 is 5.28. The van der Waals surface area contributed by atoms with Crippen molar-refractivity contribution in [3.63, 3.8) is 0 Å². The van der Waals surface area contributed by atoms with E-state index in [1.54, 1.807) is 0 Å². The second-order valence-electron chi connectivity index (χ2n) is 2.82. The Morgan fingerprint density at radius 3 is 2.83 bits per heavy atom. The number of ether oxygens (including phenoxy) is 1. The second kappa shape index (κ2) is 3.90. The Labute approximate surface area is 78.1 Å². The summed E-state index contributed by atoms with van der Waals surface area (Å²) in [6.45, 7) is 1.36. The molecule has 0 spiro atoms. The molecular weight excluding hydrogens is 174 g/mol. The van der Waals surface area contributed by atoms with Crippen LogP contribution in [0.5, 0.6) is 0 Å². The van der Waals surface area contributed by atoms with Crippen LogP contribution in [0.2, 0.25) is 0 Å². The predicted molar refractivity (Wildman–Crippen MR) is 50.3 cm³/mol. The molecule has 1 atom stereocenters. The molecule has 2 nitrogen and oxygen atoms in total. The third-order valence-electron chi connectivity index (χ3n) is 2.01. The molecule has 1 aliphatic rings. The van der Waals surface area contributed by atoms with E-state index in [1.807, 2.05) is 12.1 Å². The van der Waals surface area contributed by atoms with Gasteiger partial charge in [0.1, 0.15) is 0 Å². The van der Waals surface area contributed by atoms with E-state index < -0.39 is 0 Å². The third kappa shape index (κ3) is 1.61. The van der Waals surface area contributed by atoms with Gasteiger partial charge in [-0.25, -0.2) is 0 Å². The van der Waals surface area contributed by atoms with Gasteiger partial charge in [-0.3, -0.25) is 0 Å². The van der Waals surface area contributed by atoms with E-state index in [9.17, 15) is 0 Å². The van der Waals surface area contributed by atoms with E-state index in [0.717, 1.165) is 0 Å². The maximum atomic E-state index is 5.82. The van der Waals surface area contributed by atoms with Crippen LogP contribution in [-0.2, 0) is 11.3 Å². The van der Waals surface area contributed by atoms with Gasteiger partial charge in [0.25, 0.3) is 0 Å². The number of halogens is 1. The molecule has 1 aromatic rings. The van der Waals surface area contributed by atoms with Gasteiger partial charge < -0.3 is 10.5 Å². The number of nitrogens with two attached hydrogens (primary N) is 1. The van der Waals surface area contributed by atoms with Gasteiger partial charge in [-0.1, -0.05) is 24.3 Å². The van der Waals surface area contributed by atoms with Crippen molar-refractivity contribution in [3.05, 3.63) is 35.4 Å². The molecule has 2 rings (SSSR count). The highest BCUT2D eigenvalue weighted by molar-refractivity contribution is 5.85.